The summed E-state index contributed by atoms with van der Waals surface area (Å²) >= 11 is 0. The molecule has 1 aromatic rings. The largest absolute Gasteiger partial charge is 0.513 e. The molecule has 0 fully saturated rings. The Morgan fingerprint density at radius 3 is 1.91 bits per heavy atom. The third kappa shape index (κ3) is 14.1. The topological polar surface area (TPSA) is 57.1 Å². The second-order valence-electron chi connectivity index (χ2n) is 8.33. The van der Waals surface area contributed by atoms with Crippen LogP contribution in [-0.4, -0.2) is 32.6 Å². The lowest BCUT2D eigenvalue weighted by molar-refractivity contribution is 0.119. The van der Waals surface area contributed by atoms with E-state index < -0.39 is 6.16 Å². The lowest BCUT2D eigenvalue weighted by Crippen LogP contribution is -2.08. The third-order valence-corrected chi connectivity index (χ3v) is 5.51. The van der Waals surface area contributed by atoms with E-state index in [0.717, 1.165) is 18.5 Å². The van der Waals surface area contributed by atoms with Crippen LogP contribution < -0.4 is 9.47 Å². The Morgan fingerprint density at radius 2 is 1.38 bits per heavy atom. The van der Waals surface area contributed by atoms with Gasteiger partial charge in [0.15, 0.2) is 11.5 Å². The van der Waals surface area contributed by atoms with E-state index in [9.17, 15) is 4.79 Å². The number of rotatable bonds is 19. The zero-order valence-electron chi connectivity index (χ0n) is 20.7. The molecule has 5 heteroatoms. The number of carbonyl (C=O) groups excluding carboxylic acids is 1. The van der Waals surface area contributed by atoms with Crippen molar-refractivity contribution in [1.29, 1.82) is 0 Å². The molecule has 0 bridgehead atoms. The van der Waals surface area contributed by atoms with E-state index in [0.29, 0.717) is 18.1 Å². The Labute approximate surface area is 195 Å². The Bertz CT molecular complexity index is 630. The number of ether oxygens (including phenoxy) is 3. The van der Waals surface area contributed by atoms with Gasteiger partial charge >= 0.3 is 6.16 Å². The summed E-state index contributed by atoms with van der Waals surface area (Å²) in [6.07, 6.45) is 20.2. The Kier molecular flexibility index (Phi) is 17.2. The molecule has 0 aliphatic heterocycles. The molecule has 0 saturated carbocycles. The minimum Gasteiger partial charge on any atom is -0.490 e. The van der Waals surface area contributed by atoms with E-state index in [4.69, 9.17) is 9.47 Å². The molecule has 0 unspecified atom stereocenters. The molecule has 0 amide bonds. The number of unbranched alkanes of at least 4 members (excludes halogenated alkanes) is 13. The molecule has 0 aliphatic carbocycles. The zero-order valence-corrected chi connectivity index (χ0v) is 20.7. The van der Waals surface area contributed by atoms with Crippen LogP contribution in [0.25, 0.3) is 0 Å². The maximum atomic E-state index is 11.3. The fourth-order valence-electron chi connectivity index (χ4n) is 3.66. The maximum absolute atomic E-state index is 11.3. The van der Waals surface area contributed by atoms with Crippen molar-refractivity contribution < 1.29 is 19.0 Å². The number of hydrogen-bond acceptors (Lipinski definition) is 5. The molecule has 0 heterocycles. The fourth-order valence-corrected chi connectivity index (χ4v) is 3.66. The number of methoxy groups -OCH3 is 1. The monoisotopic (exact) mass is 447 g/mol. The molecular formula is C27H45NO4. The summed E-state index contributed by atoms with van der Waals surface area (Å²) < 4.78 is 15.2. The summed E-state index contributed by atoms with van der Waals surface area (Å²) in [5.41, 5.74) is 0.927. The average molecular weight is 448 g/mol. The lowest BCUT2D eigenvalue weighted by atomic mass is 10.0. The molecule has 0 aliphatic rings. The molecule has 5 nitrogen and oxygen atoms in total. The summed E-state index contributed by atoms with van der Waals surface area (Å²) in [6, 6.07) is 5.39. The first-order valence-electron chi connectivity index (χ1n) is 12.7. The van der Waals surface area contributed by atoms with Crippen molar-refractivity contribution in [2.45, 2.75) is 104 Å². The first kappa shape index (κ1) is 28.0. The van der Waals surface area contributed by atoms with E-state index in [2.05, 4.69) is 16.7 Å². The van der Waals surface area contributed by atoms with Crippen molar-refractivity contribution in [2.75, 3.05) is 20.3 Å². The van der Waals surface area contributed by atoms with Crippen LogP contribution in [-0.2, 0) is 4.74 Å². The third-order valence-electron chi connectivity index (χ3n) is 5.51. The molecule has 0 atom stereocenters. The second kappa shape index (κ2) is 19.6. The van der Waals surface area contributed by atoms with Gasteiger partial charge in [0.25, 0.3) is 0 Å². The molecule has 0 radical (unpaired) electrons. The predicted octanol–water partition coefficient (Wildman–Crippen LogP) is 8.13. The second-order valence-corrected chi connectivity index (χ2v) is 8.33. The number of benzene rings is 1. The van der Waals surface area contributed by atoms with E-state index in [1.165, 1.54) is 90.6 Å². The number of hydrogen-bond donors (Lipinski definition) is 0. The highest BCUT2D eigenvalue weighted by molar-refractivity contribution is 5.81. The summed E-state index contributed by atoms with van der Waals surface area (Å²) in [6.45, 7) is 5.48. The van der Waals surface area contributed by atoms with Gasteiger partial charge in [0, 0.05) is 12.8 Å². The summed E-state index contributed by atoms with van der Waals surface area (Å²) in [5, 5.41) is 0. The van der Waals surface area contributed by atoms with Crippen molar-refractivity contribution >= 4 is 12.4 Å². The standard InChI is InChI=1S/C27H45NO4/c1-4-6-7-8-9-10-11-12-13-14-15-16-17-18-21-28-23-24-19-20-25(32-27(29)30-3)26(22-24)31-5-2/h19-20,22-23H,4-18,21H2,1-3H3. The van der Waals surface area contributed by atoms with Crippen molar-refractivity contribution in [3.05, 3.63) is 23.8 Å². The smallest absolute Gasteiger partial charge is 0.490 e. The van der Waals surface area contributed by atoms with Gasteiger partial charge in [-0.2, -0.15) is 0 Å². The van der Waals surface area contributed by atoms with Crippen LogP contribution in [0.1, 0.15) is 109 Å². The van der Waals surface area contributed by atoms with Crippen LogP contribution in [0.3, 0.4) is 0 Å². The van der Waals surface area contributed by atoms with Gasteiger partial charge < -0.3 is 14.2 Å². The van der Waals surface area contributed by atoms with Crippen molar-refractivity contribution in [3.63, 3.8) is 0 Å². The van der Waals surface area contributed by atoms with Crippen LogP contribution in [0.15, 0.2) is 23.2 Å². The highest BCUT2D eigenvalue weighted by Gasteiger charge is 2.10. The van der Waals surface area contributed by atoms with Crippen LogP contribution in [0.5, 0.6) is 11.5 Å². The summed E-state index contributed by atoms with van der Waals surface area (Å²) in [7, 11) is 1.28. The Balaban J connectivity index is 2.09. The highest BCUT2D eigenvalue weighted by atomic mass is 16.7. The van der Waals surface area contributed by atoms with Crippen LogP contribution in [0.2, 0.25) is 0 Å². The van der Waals surface area contributed by atoms with Gasteiger partial charge in [0.05, 0.1) is 13.7 Å². The molecule has 0 aromatic heterocycles. The number of aliphatic imine (C=N–C) groups is 1. The lowest BCUT2D eigenvalue weighted by Gasteiger charge is -2.10. The summed E-state index contributed by atoms with van der Waals surface area (Å²) in [4.78, 5) is 15.9. The predicted molar refractivity (Wildman–Crippen MR) is 133 cm³/mol. The van der Waals surface area contributed by atoms with Gasteiger partial charge in [-0.15, -0.1) is 0 Å². The van der Waals surface area contributed by atoms with Crippen molar-refractivity contribution in [2.24, 2.45) is 4.99 Å². The number of nitrogens with zero attached hydrogens (tertiary/aromatic N) is 1. The van der Waals surface area contributed by atoms with Gasteiger partial charge in [0.2, 0.25) is 0 Å². The van der Waals surface area contributed by atoms with Gasteiger partial charge in [-0.25, -0.2) is 4.79 Å². The fraction of sp³-hybridized carbons (Fsp3) is 0.704. The molecule has 1 rings (SSSR count). The van der Waals surface area contributed by atoms with Crippen molar-refractivity contribution in [3.8, 4) is 11.5 Å². The SMILES string of the molecule is CCCCCCCCCCCCCCCCN=Cc1ccc(OC(=O)OC)c(OCC)c1. The van der Waals surface area contributed by atoms with E-state index in [-0.39, 0.29) is 0 Å². The van der Waals surface area contributed by atoms with Gasteiger partial charge in [-0.05, 0) is 37.1 Å². The van der Waals surface area contributed by atoms with Gasteiger partial charge in [0.1, 0.15) is 0 Å². The van der Waals surface area contributed by atoms with Crippen LogP contribution in [0.4, 0.5) is 4.79 Å². The first-order chi connectivity index (χ1) is 15.7. The molecule has 0 spiro atoms. The van der Waals surface area contributed by atoms with E-state index in [1.807, 2.05) is 25.3 Å². The van der Waals surface area contributed by atoms with Crippen LogP contribution >= 0.6 is 0 Å². The molecule has 1 aromatic carbocycles. The number of carbonyl (C=O) groups is 1. The maximum Gasteiger partial charge on any atom is 0.513 e. The Hall–Kier alpha value is -2.04. The quantitative estimate of drug-likeness (QED) is 0.0929. The molecular weight excluding hydrogens is 402 g/mol. The van der Waals surface area contributed by atoms with Crippen LogP contribution in [0, 0.1) is 0 Å². The zero-order chi connectivity index (χ0) is 23.3. The van der Waals surface area contributed by atoms with Crippen molar-refractivity contribution in [1.82, 2.24) is 0 Å². The minimum absolute atomic E-state index is 0.350. The molecule has 0 N–H and O–H groups in total. The average Bonchev–Trinajstić information content (AvgIpc) is 2.80. The normalized spacial score (nSPS) is 11.1. The Morgan fingerprint density at radius 1 is 0.812 bits per heavy atom. The first-order valence-corrected chi connectivity index (χ1v) is 12.7. The molecule has 32 heavy (non-hydrogen) atoms. The molecule has 0 saturated heterocycles. The van der Waals surface area contributed by atoms with E-state index in [1.54, 1.807) is 6.07 Å². The highest BCUT2D eigenvalue weighted by Crippen LogP contribution is 2.28. The minimum atomic E-state index is -0.759. The van der Waals surface area contributed by atoms with Gasteiger partial charge in [-0.3, -0.25) is 4.99 Å². The molecule has 182 valence electrons. The van der Waals surface area contributed by atoms with E-state index >= 15 is 0 Å². The summed E-state index contributed by atoms with van der Waals surface area (Å²) in [5.74, 6) is 0.862. The van der Waals surface area contributed by atoms with Gasteiger partial charge in [-0.1, -0.05) is 90.4 Å².